The molecule has 2 saturated heterocycles. The van der Waals surface area contributed by atoms with Gasteiger partial charge < -0.3 is 14.4 Å². The van der Waals surface area contributed by atoms with Crippen LogP contribution in [0.15, 0.2) is 57.7 Å². The van der Waals surface area contributed by atoms with E-state index in [9.17, 15) is 4.79 Å². The summed E-state index contributed by atoms with van der Waals surface area (Å²) in [7, 11) is 0. The van der Waals surface area contributed by atoms with Gasteiger partial charge in [-0.15, -0.1) is 0 Å². The zero-order valence-corrected chi connectivity index (χ0v) is 16.5. The van der Waals surface area contributed by atoms with Crippen LogP contribution < -0.4 is 0 Å². The predicted molar refractivity (Wildman–Crippen MR) is 104 cm³/mol. The number of carbonyl (C=O) groups excluding carboxylic acids is 1. The molecule has 3 heterocycles. The fraction of sp³-hybridized carbons (Fsp3) is 0.421. The highest BCUT2D eigenvalue weighted by Gasteiger charge is 2.40. The van der Waals surface area contributed by atoms with E-state index >= 15 is 0 Å². The highest BCUT2D eigenvalue weighted by atomic mass is 32.2. The highest BCUT2D eigenvalue weighted by molar-refractivity contribution is 8.02. The molecule has 142 valence electrons. The Balaban J connectivity index is 1.33. The van der Waals surface area contributed by atoms with Crippen LogP contribution >= 0.6 is 23.5 Å². The molecular formula is C19H21N3O3S2. The van der Waals surface area contributed by atoms with Crippen molar-refractivity contribution in [2.24, 2.45) is 0 Å². The fourth-order valence-electron chi connectivity index (χ4n) is 3.19. The number of amides is 1. The Labute approximate surface area is 167 Å². The molecule has 0 unspecified atom stereocenters. The van der Waals surface area contributed by atoms with Crippen LogP contribution in [0.4, 0.5) is 0 Å². The molecule has 2 aliphatic rings. The zero-order chi connectivity index (χ0) is 18.5. The lowest BCUT2D eigenvalue weighted by Gasteiger charge is -2.37. The van der Waals surface area contributed by atoms with E-state index in [2.05, 4.69) is 9.97 Å². The van der Waals surface area contributed by atoms with E-state index in [1.165, 1.54) is 11.8 Å². The molecule has 1 amide bonds. The Morgan fingerprint density at radius 1 is 1.04 bits per heavy atom. The summed E-state index contributed by atoms with van der Waals surface area (Å²) in [5.74, 6) is 0.0264. The maximum absolute atomic E-state index is 12.6. The van der Waals surface area contributed by atoms with Crippen molar-refractivity contribution in [1.29, 1.82) is 0 Å². The van der Waals surface area contributed by atoms with Gasteiger partial charge in [0.05, 0.1) is 19.0 Å². The number of thioether (sulfide) groups is 1. The summed E-state index contributed by atoms with van der Waals surface area (Å²) in [6.07, 6.45) is 4.83. The molecule has 2 fully saturated rings. The number of carbonyl (C=O) groups is 1. The Hall–Kier alpha value is -1.61. The minimum atomic E-state index is -0.450. The van der Waals surface area contributed by atoms with E-state index in [1.54, 1.807) is 24.2 Å². The van der Waals surface area contributed by atoms with Crippen molar-refractivity contribution in [2.45, 2.75) is 33.6 Å². The van der Waals surface area contributed by atoms with Gasteiger partial charge in [0.25, 0.3) is 0 Å². The van der Waals surface area contributed by atoms with Gasteiger partial charge in [0, 0.05) is 43.2 Å². The molecule has 4 rings (SSSR count). The molecular weight excluding hydrogens is 382 g/mol. The van der Waals surface area contributed by atoms with Crippen molar-refractivity contribution in [3.8, 4) is 0 Å². The summed E-state index contributed by atoms with van der Waals surface area (Å²) in [4.78, 5) is 24.5. The summed E-state index contributed by atoms with van der Waals surface area (Å²) in [6.45, 7) is 2.65. The van der Waals surface area contributed by atoms with Crippen molar-refractivity contribution in [3.63, 3.8) is 0 Å². The second kappa shape index (κ2) is 8.60. The van der Waals surface area contributed by atoms with E-state index < -0.39 is 5.79 Å². The van der Waals surface area contributed by atoms with E-state index in [0.717, 1.165) is 27.8 Å². The second-order valence-corrected chi connectivity index (χ2v) is 8.39. The monoisotopic (exact) mass is 403 g/mol. The highest BCUT2D eigenvalue weighted by Crippen LogP contribution is 2.34. The molecule has 0 aliphatic carbocycles. The first-order valence-electron chi connectivity index (χ1n) is 8.97. The molecule has 0 radical (unpaired) electrons. The molecule has 6 nitrogen and oxygen atoms in total. The molecule has 1 aromatic heterocycles. The first-order chi connectivity index (χ1) is 13.2. The molecule has 1 aromatic carbocycles. The van der Waals surface area contributed by atoms with Gasteiger partial charge in [0.1, 0.15) is 10.1 Å². The fourth-order valence-corrected chi connectivity index (χ4v) is 5.01. The Kier molecular flexibility index (Phi) is 5.97. The lowest BCUT2D eigenvalue weighted by molar-refractivity contribution is -0.186. The van der Waals surface area contributed by atoms with Crippen molar-refractivity contribution in [1.82, 2.24) is 14.9 Å². The number of benzene rings is 1. The lowest BCUT2D eigenvalue weighted by Crippen LogP contribution is -2.47. The average Bonchev–Trinajstić information content (AvgIpc) is 3.16. The van der Waals surface area contributed by atoms with Gasteiger partial charge >= 0.3 is 0 Å². The smallest absolute Gasteiger partial charge is 0.232 e. The SMILES string of the molecule is O=C(CSc1nccnc1Sc1ccccc1)N1CCC2(CC1)OCCO2. The van der Waals surface area contributed by atoms with Crippen LogP contribution in [0.25, 0.3) is 0 Å². The van der Waals surface area contributed by atoms with Crippen molar-refractivity contribution in [2.75, 3.05) is 32.1 Å². The minimum absolute atomic E-state index is 0.120. The summed E-state index contributed by atoms with van der Waals surface area (Å²) in [5.41, 5.74) is 0. The Bertz CT molecular complexity index is 775. The van der Waals surface area contributed by atoms with Crippen molar-refractivity contribution < 1.29 is 14.3 Å². The van der Waals surface area contributed by atoms with E-state index in [0.29, 0.717) is 32.1 Å². The standard InChI is InChI=1S/C19H21N3O3S2/c23-16(22-10-6-19(7-11-22)24-12-13-25-19)14-26-17-18(21-9-8-20-17)27-15-4-2-1-3-5-15/h1-5,8-9H,6-7,10-14H2. The predicted octanol–water partition coefficient (Wildman–Crippen LogP) is 3.09. The number of piperidine rings is 1. The molecule has 0 N–H and O–H groups in total. The van der Waals surface area contributed by atoms with Crippen molar-refractivity contribution >= 4 is 29.4 Å². The third-order valence-electron chi connectivity index (χ3n) is 4.61. The topological polar surface area (TPSA) is 64.6 Å². The third kappa shape index (κ3) is 4.63. The van der Waals surface area contributed by atoms with Crippen LogP contribution in [0, 0.1) is 0 Å². The maximum Gasteiger partial charge on any atom is 0.232 e. The van der Waals surface area contributed by atoms with Crippen LogP contribution in [-0.2, 0) is 14.3 Å². The first kappa shape index (κ1) is 18.7. The second-order valence-electron chi connectivity index (χ2n) is 6.36. The van der Waals surface area contributed by atoms with Crippen LogP contribution in [0.3, 0.4) is 0 Å². The number of hydrogen-bond donors (Lipinski definition) is 0. The maximum atomic E-state index is 12.6. The van der Waals surface area contributed by atoms with Gasteiger partial charge in [-0.05, 0) is 12.1 Å². The van der Waals surface area contributed by atoms with E-state index in [4.69, 9.17) is 9.47 Å². The largest absolute Gasteiger partial charge is 0.347 e. The average molecular weight is 404 g/mol. The number of nitrogens with zero attached hydrogens (tertiary/aromatic N) is 3. The van der Waals surface area contributed by atoms with Gasteiger partial charge in [-0.3, -0.25) is 4.79 Å². The van der Waals surface area contributed by atoms with Gasteiger partial charge in [0.15, 0.2) is 5.79 Å². The van der Waals surface area contributed by atoms with E-state index in [-0.39, 0.29) is 5.91 Å². The van der Waals surface area contributed by atoms with Crippen LogP contribution in [-0.4, -0.2) is 58.6 Å². The molecule has 0 saturated carbocycles. The van der Waals surface area contributed by atoms with Gasteiger partial charge in [-0.1, -0.05) is 41.7 Å². The first-order valence-corrected chi connectivity index (χ1v) is 10.8. The number of hydrogen-bond acceptors (Lipinski definition) is 7. The van der Waals surface area contributed by atoms with Crippen LogP contribution in [0.1, 0.15) is 12.8 Å². The van der Waals surface area contributed by atoms with Crippen molar-refractivity contribution in [3.05, 3.63) is 42.7 Å². The number of aromatic nitrogens is 2. The summed E-state index contributed by atoms with van der Waals surface area (Å²) >= 11 is 3.01. The third-order valence-corrected chi connectivity index (χ3v) is 6.71. The summed E-state index contributed by atoms with van der Waals surface area (Å²) < 4.78 is 11.4. The molecule has 0 atom stereocenters. The Morgan fingerprint density at radius 3 is 2.41 bits per heavy atom. The van der Waals surface area contributed by atoms with Gasteiger partial charge in [-0.25, -0.2) is 9.97 Å². The zero-order valence-electron chi connectivity index (χ0n) is 14.9. The normalized spacial score (nSPS) is 18.7. The molecule has 2 aromatic rings. The van der Waals surface area contributed by atoms with Gasteiger partial charge in [0.2, 0.25) is 5.91 Å². The minimum Gasteiger partial charge on any atom is -0.347 e. The molecule has 2 aliphatic heterocycles. The van der Waals surface area contributed by atoms with E-state index in [1.807, 2.05) is 35.2 Å². The summed E-state index contributed by atoms with van der Waals surface area (Å²) in [5, 5.41) is 1.61. The Morgan fingerprint density at radius 2 is 1.70 bits per heavy atom. The number of ether oxygens (including phenoxy) is 2. The van der Waals surface area contributed by atoms with Gasteiger partial charge in [-0.2, -0.15) is 0 Å². The molecule has 1 spiro atoms. The number of likely N-dealkylation sites (tertiary alicyclic amines) is 1. The molecule has 0 bridgehead atoms. The molecule has 8 heteroatoms. The van der Waals surface area contributed by atoms with Crippen LogP contribution in [0.5, 0.6) is 0 Å². The molecule has 27 heavy (non-hydrogen) atoms. The summed E-state index contributed by atoms with van der Waals surface area (Å²) in [6, 6.07) is 10.1. The quantitative estimate of drug-likeness (QED) is 0.711. The van der Waals surface area contributed by atoms with Crippen LogP contribution in [0.2, 0.25) is 0 Å². The number of rotatable bonds is 5. The lowest BCUT2D eigenvalue weighted by atomic mass is 10.0.